The number of nitrogens with zero attached hydrogens (tertiary/aromatic N) is 2. The van der Waals surface area contributed by atoms with E-state index < -0.39 is 36.5 Å². The smallest absolute Gasteiger partial charge is 0.387 e. The third-order valence-electron chi connectivity index (χ3n) is 6.61. The molecule has 4 amide bonds. The number of fused-ring (bicyclic) bond motifs is 3. The van der Waals surface area contributed by atoms with Crippen molar-refractivity contribution in [3.05, 3.63) is 72.3 Å². The summed E-state index contributed by atoms with van der Waals surface area (Å²) in [6.07, 6.45) is 0. The molecule has 8 nitrogen and oxygen atoms in total. The van der Waals surface area contributed by atoms with Crippen molar-refractivity contribution in [1.29, 1.82) is 0 Å². The first-order valence-electron chi connectivity index (χ1n) is 11.7. The number of carbonyl (C=O) groups is 3. The van der Waals surface area contributed by atoms with Gasteiger partial charge in [0.1, 0.15) is 17.8 Å². The largest absolute Gasteiger partial charge is 0.435 e. The van der Waals surface area contributed by atoms with Crippen molar-refractivity contribution in [3.8, 4) is 5.75 Å². The van der Waals surface area contributed by atoms with Crippen LogP contribution in [0.2, 0.25) is 0 Å². The normalized spacial score (nSPS) is 17.6. The van der Waals surface area contributed by atoms with E-state index in [1.165, 1.54) is 31.2 Å². The Hall–Kier alpha value is -4.47. The number of para-hydroxylation sites is 1. The van der Waals surface area contributed by atoms with Crippen molar-refractivity contribution in [2.75, 3.05) is 11.9 Å². The fourth-order valence-corrected chi connectivity index (χ4v) is 4.82. The topological polar surface area (TPSA) is 92.7 Å². The highest BCUT2D eigenvalue weighted by atomic mass is 19.3. The number of urea groups is 1. The van der Waals surface area contributed by atoms with Crippen molar-refractivity contribution < 1.29 is 27.9 Å². The first-order valence-corrected chi connectivity index (χ1v) is 11.7. The lowest BCUT2D eigenvalue weighted by atomic mass is 9.92. The zero-order chi connectivity index (χ0) is 26.3. The van der Waals surface area contributed by atoms with Crippen molar-refractivity contribution >= 4 is 45.3 Å². The van der Waals surface area contributed by atoms with Crippen LogP contribution >= 0.6 is 0 Å². The standard InChI is InChI=1S/C27H24F2N4O4/c1-3-32-21-7-5-4-6-19(21)20-14-17(10-13-22(20)32)30-23(34)15-33-24(35)27(2,31-26(33)36)16-8-11-18(12-9-16)37-25(28)29/h4-14,25H,3,15H2,1-2H3,(H,30,34)(H,31,36)/t27-/m0/s1. The molecule has 5 rings (SSSR count). The van der Waals surface area contributed by atoms with Crippen LogP contribution in [0, 0.1) is 0 Å². The SMILES string of the molecule is CCn1c2ccccc2c2cc(NC(=O)CN3C(=O)N[C@@](C)(c4ccc(OC(F)F)cc4)C3=O)ccc21. The lowest BCUT2D eigenvalue weighted by Crippen LogP contribution is -2.42. The van der Waals surface area contributed by atoms with Gasteiger partial charge in [-0.15, -0.1) is 0 Å². The quantitative estimate of drug-likeness (QED) is 0.352. The average molecular weight is 507 g/mol. The second-order valence-electron chi connectivity index (χ2n) is 8.89. The number of hydrogen-bond donors (Lipinski definition) is 2. The molecule has 0 bridgehead atoms. The summed E-state index contributed by atoms with van der Waals surface area (Å²) < 4.78 is 31.4. The van der Waals surface area contributed by atoms with Gasteiger partial charge in [0.15, 0.2) is 0 Å². The summed E-state index contributed by atoms with van der Waals surface area (Å²) in [5, 5.41) is 7.42. The van der Waals surface area contributed by atoms with Crippen LogP contribution in [0.4, 0.5) is 19.3 Å². The van der Waals surface area contributed by atoms with Gasteiger partial charge in [-0.05, 0) is 55.8 Å². The Morgan fingerprint density at radius 3 is 2.43 bits per heavy atom. The van der Waals surface area contributed by atoms with Crippen LogP contribution in [-0.2, 0) is 21.7 Å². The minimum atomic E-state index is -2.98. The lowest BCUT2D eigenvalue weighted by molar-refractivity contribution is -0.133. The van der Waals surface area contributed by atoms with E-state index in [4.69, 9.17) is 0 Å². The number of benzene rings is 3. The third kappa shape index (κ3) is 4.24. The number of anilines is 1. The van der Waals surface area contributed by atoms with Crippen LogP contribution in [0.25, 0.3) is 21.8 Å². The molecule has 37 heavy (non-hydrogen) atoms. The van der Waals surface area contributed by atoms with Gasteiger partial charge in [0.05, 0.1) is 0 Å². The van der Waals surface area contributed by atoms with Crippen molar-refractivity contribution in [3.63, 3.8) is 0 Å². The predicted molar refractivity (Wildman–Crippen MR) is 134 cm³/mol. The maximum absolute atomic E-state index is 13.2. The number of ether oxygens (including phenoxy) is 1. The molecule has 1 aliphatic rings. The van der Waals surface area contributed by atoms with Crippen LogP contribution in [0.15, 0.2) is 66.7 Å². The second kappa shape index (κ2) is 9.20. The Morgan fingerprint density at radius 2 is 1.73 bits per heavy atom. The summed E-state index contributed by atoms with van der Waals surface area (Å²) in [6.45, 7) is 0.892. The van der Waals surface area contributed by atoms with E-state index in [1.807, 2.05) is 36.4 Å². The molecule has 0 spiro atoms. The number of aryl methyl sites for hydroxylation is 1. The highest BCUT2D eigenvalue weighted by molar-refractivity contribution is 6.12. The van der Waals surface area contributed by atoms with Gasteiger partial charge in [0.25, 0.3) is 5.91 Å². The predicted octanol–water partition coefficient (Wildman–Crippen LogP) is 4.82. The second-order valence-corrected chi connectivity index (χ2v) is 8.89. The molecule has 2 N–H and O–H groups in total. The van der Waals surface area contributed by atoms with Gasteiger partial charge < -0.3 is 19.9 Å². The molecule has 1 atom stereocenters. The summed E-state index contributed by atoms with van der Waals surface area (Å²) in [7, 11) is 0. The van der Waals surface area contributed by atoms with Crippen molar-refractivity contribution in [2.45, 2.75) is 32.5 Å². The monoisotopic (exact) mass is 506 g/mol. The number of rotatable bonds is 7. The van der Waals surface area contributed by atoms with Gasteiger partial charge >= 0.3 is 12.6 Å². The number of amides is 4. The Morgan fingerprint density at radius 1 is 1.03 bits per heavy atom. The van der Waals surface area contributed by atoms with E-state index in [0.29, 0.717) is 11.3 Å². The Labute approximate surface area is 210 Å². The number of halogens is 2. The van der Waals surface area contributed by atoms with Crippen molar-refractivity contribution in [1.82, 2.24) is 14.8 Å². The fraction of sp³-hybridized carbons (Fsp3) is 0.222. The fourth-order valence-electron chi connectivity index (χ4n) is 4.82. The van der Waals surface area contributed by atoms with Crippen molar-refractivity contribution in [2.24, 2.45) is 0 Å². The molecule has 1 saturated heterocycles. The molecule has 190 valence electrons. The molecule has 1 aliphatic heterocycles. The molecule has 1 fully saturated rings. The molecule has 0 aliphatic carbocycles. The maximum Gasteiger partial charge on any atom is 0.387 e. The minimum Gasteiger partial charge on any atom is -0.435 e. The van der Waals surface area contributed by atoms with Crippen LogP contribution in [-0.4, -0.2) is 40.5 Å². The lowest BCUT2D eigenvalue weighted by Gasteiger charge is -2.22. The zero-order valence-corrected chi connectivity index (χ0v) is 20.1. The van der Waals surface area contributed by atoms with Crippen LogP contribution in [0.1, 0.15) is 19.4 Å². The number of carbonyl (C=O) groups excluding carboxylic acids is 3. The molecule has 2 heterocycles. The average Bonchev–Trinajstić information content (AvgIpc) is 3.30. The van der Waals surface area contributed by atoms with E-state index >= 15 is 0 Å². The highest BCUT2D eigenvalue weighted by Crippen LogP contribution is 2.32. The summed E-state index contributed by atoms with van der Waals surface area (Å²) in [6, 6.07) is 18.3. The Bertz CT molecular complexity index is 1530. The van der Waals surface area contributed by atoms with E-state index in [1.54, 1.807) is 6.07 Å². The zero-order valence-electron chi connectivity index (χ0n) is 20.1. The van der Waals surface area contributed by atoms with Gasteiger partial charge in [-0.25, -0.2) is 4.79 Å². The maximum atomic E-state index is 13.2. The Kier molecular flexibility index (Phi) is 6.02. The molecule has 0 saturated carbocycles. The summed E-state index contributed by atoms with van der Waals surface area (Å²) in [5.74, 6) is -1.24. The molecular weight excluding hydrogens is 482 g/mol. The number of alkyl halides is 2. The van der Waals surface area contributed by atoms with Crippen LogP contribution in [0.3, 0.4) is 0 Å². The number of imide groups is 1. The van der Waals surface area contributed by atoms with Gasteiger partial charge in [0.2, 0.25) is 5.91 Å². The number of aromatic nitrogens is 1. The number of hydrogen-bond acceptors (Lipinski definition) is 4. The highest BCUT2D eigenvalue weighted by Gasteiger charge is 2.49. The first kappa shape index (κ1) is 24.2. The van der Waals surface area contributed by atoms with Gasteiger partial charge in [-0.2, -0.15) is 8.78 Å². The van der Waals surface area contributed by atoms with E-state index in [2.05, 4.69) is 26.9 Å². The first-order chi connectivity index (χ1) is 17.7. The van der Waals surface area contributed by atoms with Gasteiger partial charge in [-0.1, -0.05) is 30.3 Å². The van der Waals surface area contributed by atoms with Crippen LogP contribution in [0.5, 0.6) is 5.75 Å². The molecule has 10 heteroatoms. The molecule has 1 aromatic heterocycles. The van der Waals surface area contributed by atoms with E-state index in [9.17, 15) is 23.2 Å². The molecule has 4 aromatic rings. The molecular formula is C27H24F2N4O4. The minimum absolute atomic E-state index is 0.0746. The molecule has 0 radical (unpaired) electrons. The van der Waals surface area contributed by atoms with Gasteiger partial charge in [-0.3, -0.25) is 14.5 Å². The Balaban J connectivity index is 1.33. The van der Waals surface area contributed by atoms with Gasteiger partial charge in [0, 0.05) is 34.0 Å². The summed E-state index contributed by atoms with van der Waals surface area (Å²) >= 11 is 0. The summed E-state index contributed by atoms with van der Waals surface area (Å²) in [4.78, 5) is 39.4. The van der Waals surface area contributed by atoms with Crippen LogP contribution < -0.4 is 15.4 Å². The van der Waals surface area contributed by atoms with E-state index in [-0.39, 0.29) is 5.75 Å². The molecule has 0 unspecified atom stereocenters. The molecule has 3 aromatic carbocycles. The van der Waals surface area contributed by atoms with E-state index in [0.717, 1.165) is 33.3 Å². The summed E-state index contributed by atoms with van der Waals surface area (Å²) in [5.41, 5.74) is 1.59. The third-order valence-corrected chi connectivity index (χ3v) is 6.61. The number of nitrogens with one attached hydrogen (secondary N) is 2.